The van der Waals surface area contributed by atoms with Crippen LogP contribution in [0.2, 0.25) is 5.02 Å². The van der Waals surface area contributed by atoms with E-state index in [4.69, 9.17) is 16.3 Å². The van der Waals surface area contributed by atoms with Crippen LogP contribution in [-0.2, 0) is 4.74 Å². The fourth-order valence-corrected chi connectivity index (χ4v) is 1.74. The van der Waals surface area contributed by atoms with Crippen LogP contribution < -0.4 is 0 Å². The lowest BCUT2D eigenvalue weighted by Crippen LogP contribution is -2.12. The van der Waals surface area contributed by atoms with E-state index in [1.165, 1.54) is 0 Å². The van der Waals surface area contributed by atoms with Crippen molar-refractivity contribution in [3.63, 3.8) is 0 Å². The molecule has 0 N–H and O–H groups in total. The van der Waals surface area contributed by atoms with Gasteiger partial charge < -0.3 is 4.74 Å². The molecule has 2 rings (SSSR count). The molecule has 0 saturated carbocycles. The summed E-state index contributed by atoms with van der Waals surface area (Å²) in [6.07, 6.45) is -0.153. The number of carbonyl (C=O) groups excluding carboxylic acids is 1. The van der Waals surface area contributed by atoms with Gasteiger partial charge in [0.2, 0.25) is 0 Å². The van der Waals surface area contributed by atoms with Gasteiger partial charge in [0.05, 0.1) is 11.6 Å². The molecule has 0 aliphatic rings. The number of esters is 1. The molecular weight excluding hydrogens is 238 g/mol. The molecule has 0 aliphatic carbocycles. The minimum absolute atomic E-state index is 0.153. The summed E-state index contributed by atoms with van der Waals surface area (Å²) in [5.74, 6) is -0.415. The summed E-state index contributed by atoms with van der Waals surface area (Å²) in [5.41, 5.74) is 0.990. The molecule has 0 radical (unpaired) electrons. The van der Waals surface area contributed by atoms with Crippen molar-refractivity contribution in [2.45, 2.75) is 20.0 Å². The monoisotopic (exact) mass is 249 g/mol. The van der Waals surface area contributed by atoms with Crippen LogP contribution in [0.25, 0.3) is 10.9 Å². The Morgan fingerprint density at radius 2 is 2.06 bits per heavy atom. The van der Waals surface area contributed by atoms with Crippen molar-refractivity contribution in [3.8, 4) is 0 Å². The Morgan fingerprint density at radius 1 is 1.29 bits per heavy atom. The Balaban J connectivity index is 2.42. The first-order valence-corrected chi connectivity index (χ1v) is 5.72. The number of carbonyl (C=O) groups is 1. The van der Waals surface area contributed by atoms with Gasteiger partial charge in [-0.25, -0.2) is 9.78 Å². The van der Waals surface area contributed by atoms with Gasteiger partial charge >= 0.3 is 5.97 Å². The van der Waals surface area contributed by atoms with Crippen LogP contribution in [0.15, 0.2) is 30.3 Å². The Hall–Kier alpha value is -1.61. The van der Waals surface area contributed by atoms with E-state index in [9.17, 15) is 4.79 Å². The van der Waals surface area contributed by atoms with E-state index >= 15 is 0 Å². The van der Waals surface area contributed by atoms with Crippen molar-refractivity contribution in [2.75, 3.05) is 0 Å². The summed E-state index contributed by atoms with van der Waals surface area (Å²) in [5, 5.41) is 1.45. The maximum atomic E-state index is 11.7. The fraction of sp³-hybridized carbons (Fsp3) is 0.231. The Kier molecular flexibility index (Phi) is 3.29. The molecule has 1 heterocycles. The van der Waals surface area contributed by atoms with Crippen LogP contribution >= 0.6 is 11.6 Å². The van der Waals surface area contributed by atoms with Crippen molar-refractivity contribution in [2.24, 2.45) is 0 Å². The van der Waals surface area contributed by atoms with E-state index in [2.05, 4.69) is 4.98 Å². The van der Waals surface area contributed by atoms with Crippen LogP contribution in [0.5, 0.6) is 0 Å². The van der Waals surface area contributed by atoms with Crippen LogP contribution in [0, 0.1) is 0 Å². The molecule has 0 atom stereocenters. The van der Waals surface area contributed by atoms with Gasteiger partial charge in [-0.05, 0) is 38.1 Å². The average molecular weight is 250 g/mol. The predicted molar refractivity (Wildman–Crippen MR) is 67.3 cm³/mol. The number of ether oxygens (including phenoxy) is 1. The van der Waals surface area contributed by atoms with Crippen LogP contribution in [-0.4, -0.2) is 17.1 Å². The highest BCUT2D eigenvalue weighted by atomic mass is 35.5. The van der Waals surface area contributed by atoms with Crippen molar-refractivity contribution in [1.29, 1.82) is 0 Å². The quantitative estimate of drug-likeness (QED) is 0.766. The molecule has 3 nitrogen and oxygen atoms in total. The predicted octanol–water partition coefficient (Wildman–Crippen LogP) is 3.45. The molecule has 17 heavy (non-hydrogen) atoms. The molecular formula is C13H12ClNO2. The molecule has 88 valence electrons. The lowest BCUT2D eigenvalue weighted by molar-refractivity contribution is 0.0371. The van der Waals surface area contributed by atoms with Gasteiger partial charge in [0.15, 0.2) is 0 Å². The van der Waals surface area contributed by atoms with Gasteiger partial charge in [-0.2, -0.15) is 0 Å². The lowest BCUT2D eigenvalue weighted by atomic mass is 10.2. The largest absolute Gasteiger partial charge is 0.458 e. The van der Waals surface area contributed by atoms with Gasteiger partial charge in [-0.1, -0.05) is 17.7 Å². The zero-order chi connectivity index (χ0) is 12.4. The van der Waals surface area contributed by atoms with Gasteiger partial charge in [0, 0.05) is 10.4 Å². The highest BCUT2D eigenvalue weighted by Gasteiger charge is 2.11. The van der Waals surface area contributed by atoms with Crippen LogP contribution in [0.1, 0.15) is 24.3 Å². The van der Waals surface area contributed by atoms with Crippen molar-refractivity contribution >= 4 is 28.5 Å². The molecule has 0 fully saturated rings. The first kappa shape index (κ1) is 11.9. The number of pyridine rings is 1. The molecule has 0 amide bonds. The van der Waals surface area contributed by atoms with Gasteiger partial charge in [0.25, 0.3) is 0 Å². The SMILES string of the molecule is CC(C)OC(=O)c1ccc2c(Cl)cccc2n1. The summed E-state index contributed by atoms with van der Waals surface area (Å²) in [6.45, 7) is 3.60. The summed E-state index contributed by atoms with van der Waals surface area (Å²) in [6, 6.07) is 8.81. The van der Waals surface area contributed by atoms with E-state index in [-0.39, 0.29) is 6.10 Å². The standard InChI is InChI=1S/C13H12ClNO2/c1-8(2)17-13(16)12-7-6-9-10(14)4-3-5-11(9)15-12/h3-8H,1-2H3. The van der Waals surface area contributed by atoms with E-state index in [1.54, 1.807) is 38.1 Å². The molecule has 0 saturated heterocycles. The number of aromatic nitrogens is 1. The summed E-state index contributed by atoms with van der Waals surface area (Å²) < 4.78 is 5.08. The van der Waals surface area contributed by atoms with E-state index in [0.29, 0.717) is 16.2 Å². The molecule has 1 aromatic carbocycles. The third-order valence-corrected chi connectivity index (χ3v) is 2.56. The van der Waals surface area contributed by atoms with Gasteiger partial charge in [-0.15, -0.1) is 0 Å². The molecule has 2 aromatic rings. The average Bonchev–Trinajstić information content (AvgIpc) is 2.28. The Bertz CT molecular complexity index is 566. The van der Waals surface area contributed by atoms with E-state index in [0.717, 1.165) is 5.39 Å². The molecule has 1 aromatic heterocycles. The normalized spacial score (nSPS) is 10.8. The number of nitrogens with zero attached hydrogens (tertiary/aromatic N) is 1. The first-order valence-electron chi connectivity index (χ1n) is 5.34. The number of hydrogen-bond acceptors (Lipinski definition) is 3. The second-order valence-corrected chi connectivity index (χ2v) is 4.36. The molecule has 0 aliphatic heterocycles. The zero-order valence-corrected chi connectivity index (χ0v) is 10.4. The lowest BCUT2D eigenvalue weighted by Gasteiger charge is -2.08. The summed E-state index contributed by atoms with van der Waals surface area (Å²) >= 11 is 6.02. The van der Waals surface area contributed by atoms with Gasteiger partial charge in [-0.3, -0.25) is 0 Å². The van der Waals surface area contributed by atoms with E-state index in [1.807, 2.05) is 6.07 Å². The number of fused-ring (bicyclic) bond motifs is 1. The highest BCUT2D eigenvalue weighted by Crippen LogP contribution is 2.22. The summed E-state index contributed by atoms with van der Waals surface area (Å²) in [4.78, 5) is 15.9. The highest BCUT2D eigenvalue weighted by molar-refractivity contribution is 6.35. The molecule has 0 unspecified atom stereocenters. The zero-order valence-electron chi connectivity index (χ0n) is 9.61. The first-order chi connectivity index (χ1) is 8.08. The van der Waals surface area contributed by atoms with Crippen LogP contribution in [0.4, 0.5) is 0 Å². The second kappa shape index (κ2) is 4.72. The minimum Gasteiger partial charge on any atom is -0.458 e. The maximum Gasteiger partial charge on any atom is 0.357 e. The third-order valence-electron chi connectivity index (χ3n) is 2.23. The molecule has 0 bridgehead atoms. The van der Waals surface area contributed by atoms with Crippen LogP contribution in [0.3, 0.4) is 0 Å². The minimum atomic E-state index is -0.415. The molecule has 0 spiro atoms. The smallest absolute Gasteiger partial charge is 0.357 e. The second-order valence-electron chi connectivity index (χ2n) is 3.96. The Labute approximate surface area is 104 Å². The maximum absolute atomic E-state index is 11.7. The van der Waals surface area contributed by atoms with Gasteiger partial charge in [0.1, 0.15) is 5.69 Å². The summed E-state index contributed by atoms with van der Waals surface area (Å²) in [7, 11) is 0. The number of benzene rings is 1. The number of hydrogen-bond donors (Lipinski definition) is 0. The third kappa shape index (κ3) is 2.56. The molecule has 4 heteroatoms. The van der Waals surface area contributed by atoms with Crippen molar-refractivity contribution < 1.29 is 9.53 Å². The Morgan fingerprint density at radius 3 is 2.76 bits per heavy atom. The number of halogens is 1. The van der Waals surface area contributed by atoms with E-state index < -0.39 is 5.97 Å². The number of rotatable bonds is 2. The van der Waals surface area contributed by atoms with Crippen molar-refractivity contribution in [1.82, 2.24) is 4.98 Å². The topological polar surface area (TPSA) is 39.2 Å². The fourth-order valence-electron chi connectivity index (χ4n) is 1.51. The van der Waals surface area contributed by atoms with Crippen molar-refractivity contribution in [3.05, 3.63) is 41.0 Å².